The van der Waals surface area contributed by atoms with E-state index in [9.17, 15) is 0 Å². The van der Waals surface area contributed by atoms with Gasteiger partial charge in [0.15, 0.2) is 0 Å². The summed E-state index contributed by atoms with van der Waals surface area (Å²) in [4.78, 5) is 6.01. The number of epoxide rings is 1. The molecule has 0 aromatic carbocycles. The van der Waals surface area contributed by atoms with Gasteiger partial charge in [-0.1, -0.05) is 40.3 Å². The van der Waals surface area contributed by atoms with Crippen LogP contribution in [0.25, 0.3) is 0 Å². The fourth-order valence-electron chi connectivity index (χ4n) is 4.20. The molecule has 0 amide bonds. The predicted octanol–water partition coefficient (Wildman–Crippen LogP) is 6.13. The van der Waals surface area contributed by atoms with E-state index in [1.165, 1.54) is 0 Å². The number of ether oxygens (including phenoxy) is 4. The summed E-state index contributed by atoms with van der Waals surface area (Å²) < 4.78 is 23.5. The van der Waals surface area contributed by atoms with Crippen LogP contribution >= 0.6 is 0 Å². The highest BCUT2D eigenvalue weighted by Gasteiger charge is 2.45. The van der Waals surface area contributed by atoms with Gasteiger partial charge in [0.05, 0.1) is 31.0 Å². The Labute approximate surface area is 209 Å². The van der Waals surface area contributed by atoms with Gasteiger partial charge in [-0.2, -0.15) is 5.48 Å². The summed E-state index contributed by atoms with van der Waals surface area (Å²) >= 11 is 0. The van der Waals surface area contributed by atoms with Crippen molar-refractivity contribution in [1.29, 1.82) is 0 Å². The van der Waals surface area contributed by atoms with Crippen LogP contribution in [0.4, 0.5) is 0 Å². The van der Waals surface area contributed by atoms with Crippen molar-refractivity contribution in [3.63, 3.8) is 0 Å². The zero-order valence-electron chi connectivity index (χ0n) is 23.5. The largest absolute Gasteiger partial charge is 0.491 e. The van der Waals surface area contributed by atoms with Crippen molar-refractivity contribution in [2.75, 3.05) is 26.4 Å². The molecule has 0 aliphatic carbocycles. The molecule has 2 rings (SSSR count). The van der Waals surface area contributed by atoms with Crippen molar-refractivity contribution in [1.82, 2.24) is 5.48 Å². The standard InChI is InChI=1S/C26H45NO5.C2H6/c1-10-22(29-14-23-15-30-23)12-11-20(4)21(5)31-27-24(6,7)16-26(13-19(2)3)18-28-17-25(8,9)32-26;1-2/h10-12,19,21,23,27H,4,13-18H2,1-3,5-9H3;1-2H3/b12-11-,22-10+;. The van der Waals surface area contributed by atoms with Gasteiger partial charge in [0.2, 0.25) is 0 Å². The first-order chi connectivity index (χ1) is 15.9. The quantitative estimate of drug-likeness (QED) is 0.148. The average molecular weight is 482 g/mol. The first kappa shape index (κ1) is 30.9. The lowest BCUT2D eigenvalue weighted by Gasteiger charge is -2.49. The molecular weight excluding hydrogens is 430 g/mol. The molecule has 2 aliphatic rings. The summed E-state index contributed by atoms with van der Waals surface area (Å²) in [5.41, 5.74) is 3.17. The maximum Gasteiger partial charge on any atom is 0.117 e. The number of allylic oxidation sites excluding steroid dienone is 2. The summed E-state index contributed by atoms with van der Waals surface area (Å²) in [6.45, 7) is 27.6. The molecule has 2 aliphatic heterocycles. The second-order valence-electron chi connectivity index (χ2n) is 10.9. The molecule has 2 heterocycles. The molecule has 0 aromatic heterocycles. The van der Waals surface area contributed by atoms with Gasteiger partial charge < -0.3 is 18.9 Å². The molecule has 0 saturated carbocycles. The Hall–Kier alpha value is -1.18. The molecule has 6 nitrogen and oxygen atoms in total. The van der Waals surface area contributed by atoms with E-state index in [1.54, 1.807) is 0 Å². The van der Waals surface area contributed by atoms with Gasteiger partial charge in [0.25, 0.3) is 0 Å². The van der Waals surface area contributed by atoms with Crippen molar-refractivity contribution in [2.45, 2.75) is 111 Å². The second kappa shape index (κ2) is 13.8. The molecular formula is C28H51NO5. The third-order valence-electron chi connectivity index (χ3n) is 5.47. The molecule has 0 radical (unpaired) electrons. The fraction of sp³-hybridized carbons (Fsp3) is 0.786. The van der Waals surface area contributed by atoms with Crippen molar-refractivity contribution >= 4 is 0 Å². The molecule has 0 aromatic rings. The molecule has 2 saturated heterocycles. The second-order valence-corrected chi connectivity index (χ2v) is 10.9. The minimum absolute atomic E-state index is 0.198. The Morgan fingerprint density at radius 3 is 2.35 bits per heavy atom. The Morgan fingerprint density at radius 2 is 1.82 bits per heavy atom. The minimum atomic E-state index is -0.348. The highest BCUT2D eigenvalue weighted by Crippen LogP contribution is 2.38. The van der Waals surface area contributed by atoms with Crippen LogP contribution in [0.2, 0.25) is 0 Å². The zero-order valence-corrected chi connectivity index (χ0v) is 23.5. The number of hydroxylamine groups is 1. The van der Waals surface area contributed by atoms with Gasteiger partial charge in [-0.25, -0.2) is 0 Å². The normalized spacial score (nSPS) is 25.6. The average Bonchev–Trinajstić information content (AvgIpc) is 3.56. The van der Waals surface area contributed by atoms with Crippen LogP contribution in [0.5, 0.6) is 0 Å². The highest BCUT2D eigenvalue weighted by molar-refractivity contribution is 5.25. The SMILES string of the molecule is C=C(/C=C\C(=C/C)OCC1CO1)C(C)ONC(C)(C)CC1(CC(C)C)COCC(C)(C)O1.CC. The molecule has 34 heavy (non-hydrogen) atoms. The number of hydrogen-bond donors (Lipinski definition) is 1. The lowest BCUT2D eigenvalue weighted by atomic mass is 9.81. The van der Waals surface area contributed by atoms with E-state index in [0.717, 1.165) is 30.8 Å². The molecule has 0 spiro atoms. The van der Waals surface area contributed by atoms with Crippen LogP contribution in [-0.4, -0.2) is 55.4 Å². The third-order valence-corrected chi connectivity index (χ3v) is 5.47. The lowest BCUT2D eigenvalue weighted by Crippen LogP contribution is -2.58. The number of rotatable bonds is 13. The monoisotopic (exact) mass is 481 g/mol. The Balaban J connectivity index is 0.00000281. The lowest BCUT2D eigenvalue weighted by molar-refractivity contribution is -0.252. The number of nitrogens with one attached hydrogen (secondary N) is 1. The maximum absolute atomic E-state index is 6.61. The topological polar surface area (TPSA) is 61.5 Å². The van der Waals surface area contributed by atoms with Gasteiger partial charge >= 0.3 is 0 Å². The minimum Gasteiger partial charge on any atom is -0.491 e. The molecule has 2 fully saturated rings. The number of hydrogen-bond acceptors (Lipinski definition) is 6. The van der Waals surface area contributed by atoms with Crippen molar-refractivity contribution < 1.29 is 23.8 Å². The summed E-state index contributed by atoms with van der Waals surface area (Å²) in [7, 11) is 0. The van der Waals surface area contributed by atoms with E-state index in [2.05, 4.69) is 53.6 Å². The van der Waals surface area contributed by atoms with Gasteiger partial charge in [-0.3, -0.25) is 4.84 Å². The van der Waals surface area contributed by atoms with Crippen LogP contribution in [-0.2, 0) is 23.8 Å². The van der Waals surface area contributed by atoms with E-state index in [1.807, 2.05) is 45.9 Å². The predicted molar refractivity (Wildman–Crippen MR) is 140 cm³/mol. The van der Waals surface area contributed by atoms with Crippen molar-refractivity contribution in [2.24, 2.45) is 5.92 Å². The van der Waals surface area contributed by atoms with Gasteiger partial charge in [-0.05, 0) is 78.0 Å². The summed E-state index contributed by atoms with van der Waals surface area (Å²) in [5, 5.41) is 0. The van der Waals surface area contributed by atoms with Crippen LogP contribution < -0.4 is 5.48 Å². The molecule has 3 atom stereocenters. The van der Waals surface area contributed by atoms with E-state index in [-0.39, 0.29) is 28.9 Å². The van der Waals surface area contributed by atoms with Crippen LogP contribution in [0, 0.1) is 5.92 Å². The zero-order chi connectivity index (χ0) is 26.0. The van der Waals surface area contributed by atoms with Crippen LogP contribution in [0.3, 0.4) is 0 Å². The summed E-state index contributed by atoms with van der Waals surface area (Å²) in [6.07, 6.45) is 7.53. The molecule has 198 valence electrons. The first-order valence-electron chi connectivity index (χ1n) is 12.8. The van der Waals surface area contributed by atoms with Gasteiger partial charge in [-0.15, -0.1) is 0 Å². The van der Waals surface area contributed by atoms with E-state index in [0.29, 0.717) is 25.7 Å². The summed E-state index contributed by atoms with van der Waals surface area (Å²) in [5.74, 6) is 1.30. The molecule has 3 unspecified atom stereocenters. The van der Waals surface area contributed by atoms with Crippen molar-refractivity contribution in [3.8, 4) is 0 Å². The first-order valence-corrected chi connectivity index (χ1v) is 12.8. The molecule has 6 heteroatoms. The van der Waals surface area contributed by atoms with Crippen LogP contribution in [0.1, 0.15) is 82.1 Å². The Morgan fingerprint density at radius 1 is 1.18 bits per heavy atom. The van der Waals surface area contributed by atoms with E-state index in [4.69, 9.17) is 23.8 Å². The highest BCUT2D eigenvalue weighted by atomic mass is 16.7. The summed E-state index contributed by atoms with van der Waals surface area (Å²) in [6, 6.07) is 0. The van der Waals surface area contributed by atoms with E-state index >= 15 is 0 Å². The third kappa shape index (κ3) is 11.5. The maximum atomic E-state index is 6.61. The Kier molecular flexibility index (Phi) is 12.5. The van der Waals surface area contributed by atoms with Gasteiger partial charge in [0.1, 0.15) is 24.6 Å². The Bertz CT molecular complexity index is 678. The van der Waals surface area contributed by atoms with Gasteiger partial charge in [0, 0.05) is 5.54 Å². The fourth-order valence-corrected chi connectivity index (χ4v) is 4.20. The molecule has 1 N–H and O–H groups in total. The van der Waals surface area contributed by atoms with Crippen LogP contribution in [0.15, 0.2) is 36.1 Å². The van der Waals surface area contributed by atoms with Crippen molar-refractivity contribution in [3.05, 3.63) is 36.1 Å². The smallest absolute Gasteiger partial charge is 0.117 e. The van der Waals surface area contributed by atoms with E-state index < -0.39 is 0 Å². The molecule has 0 bridgehead atoms.